The number of hydrogen-bond acceptors (Lipinski definition) is 6. The number of carbonyl (C=O) groups excluding carboxylic acids is 1. The third-order valence-electron chi connectivity index (χ3n) is 6.47. The Labute approximate surface area is 240 Å². The molecular formula is C26H21BrCl2F3N3O4. The quantitative estimate of drug-likeness (QED) is 0.274. The van der Waals surface area contributed by atoms with Crippen LogP contribution in [0.25, 0.3) is 0 Å². The van der Waals surface area contributed by atoms with Gasteiger partial charge in [0.15, 0.2) is 5.78 Å². The van der Waals surface area contributed by atoms with E-state index in [1.807, 2.05) is 0 Å². The van der Waals surface area contributed by atoms with Crippen molar-refractivity contribution < 1.29 is 32.7 Å². The van der Waals surface area contributed by atoms with Gasteiger partial charge in [0.25, 0.3) is 0 Å². The molecule has 0 bridgehead atoms. The number of carboxylic acid groups (broad SMARTS) is 1. The van der Waals surface area contributed by atoms with Crippen molar-refractivity contribution in [3.05, 3.63) is 85.1 Å². The first kappa shape index (κ1) is 29.3. The largest absolute Gasteiger partial charge is 0.478 e. The minimum Gasteiger partial charge on any atom is -0.478 e. The van der Waals surface area contributed by atoms with Crippen molar-refractivity contribution >= 4 is 56.8 Å². The lowest BCUT2D eigenvalue weighted by Crippen LogP contribution is -2.43. The summed E-state index contributed by atoms with van der Waals surface area (Å²) < 4.78 is 45.5. The van der Waals surface area contributed by atoms with Crippen LogP contribution in [0, 0.1) is 12.8 Å². The normalized spacial score (nSPS) is 19.5. The Morgan fingerprint density at radius 3 is 2.26 bits per heavy atom. The summed E-state index contributed by atoms with van der Waals surface area (Å²) in [5, 5.41) is 10.5. The number of Topliss-reactive ketones (excluding diaryl/α,β-unsaturated/α-hetero) is 1. The van der Waals surface area contributed by atoms with Crippen LogP contribution in [0.5, 0.6) is 0 Å². The minimum atomic E-state index is -4.98. The van der Waals surface area contributed by atoms with Gasteiger partial charge in [-0.25, -0.2) is 24.7 Å². The Morgan fingerprint density at radius 2 is 1.74 bits per heavy atom. The SMILES string of the molecule is Cc1c(C(=O)O)ccc(C2CC(c3cc(Cl)cc(Cl)c3)(C(F)(F)F)ON2c2ncc(Br)cn2)c1C(=O)C(C)C. The van der Waals surface area contributed by atoms with E-state index in [1.165, 1.54) is 37.5 Å². The summed E-state index contributed by atoms with van der Waals surface area (Å²) in [6.45, 7) is 4.69. The second-order valence-corrected chi connectivity index (χ2v) is 11.1. The molecule has 0 saturated carbocycles. The predicted octanol–water partition coefficient (Wildman–Crippen LogP) is 7.73. The number of benzene rings is 2. The molecule has 4 rings (SSSR count). The maximum absolute atomic E-state index is 15.0. The third-order valence-corrected chi connectivity index (χ3v) is 7.31. The standard InChI is InChI=1S/C26H21BrCl2F3N3O4/c1-12(2)22(36)21-13(3)18(23(37)38)4-5-19(21)20-9-25(26(30,31)32,14-6-16(28)8-17(29)7-14)39-35(20)24-33-10-15(27)11-34-24/h4-8,10-12,20H,9H2,1-3H3,(H,37,38). The van der Waals surface area contributed by atoms with Gasteiger partial charge in [0.2, 0.25) is 11.5 Å². The molecular weight excluding hydrogens is 626 g/mol. The molecule has 1 saturated heterocycles. The van der Waals surface area contributed by atoms with E-state index in [0.29, 0.717) is 4.47 Å². The monoisotopic (exact) mass is 645 g/mol. The number of alkyl halides is 3. The van der Waals surface area contributed by atoms with E-state index in [0.717, 1.165) is 17.2 Å². The van der Waals surface area contributed by atoms with E-state index in [4.69, 9.17) is 28.0 Å². The van der Waals surface area contributed by atoms with Crippen molar-refractivity contribution in [1.29, 1.82) is 0 Å². The molecule has 13 heteroatoms. The fourth-order valence-corrected chi connectivity index (χ4v) is 5.34. The zero-order valence-electron chi connectivity index (χ0n) is 20.7. The van der Waals surface area contributed by atoms with E-state index < -0.39 is 41.9 Å². The van der Waals surface area contributed by atoms with Crippen molar-refractivity contribution in [1.82, 2.24) is 9.97 Å². The second kappa shape index (κ2) is 10.7. The Kier molecular flexibility index (Phi) is 8.01. The zero-order valence-corrected chi connectivity index (χ0v) is 23.8. The van der Waals surface area contributed by atoms with Crippen LogP contribution < -0.4 is 5.06 Å². The smallest absolute Gasteiger partial charge is 0.424 e. The highest BCUT2D eigenvalue weighted by Gasteiger charge is 2.65. The molecule has 1 fully saturated rings. The Bertz CT molecular complexity index is 1430. The maximum atomic E-state index is 15.0. The fourth-order valence-electron chi connectivity index (χ4n) is 4.61. The van der Waals surface area contributed by atoms with Crippen LogP contribution in [0.2, 0.25) is 10.0 Å². The molecule has 0 aliphatic carbocycles. The molecule has 1 N–H and O–H groups in total. The number of halogens is 6. The minimum absolute atomic E-state index is 0.00251. The van der Waals surface area contributed by atoms with Gasteiger partial charge >= 0.3 is 12.1 Å². The van der Waals surface area contributed by atoms with Crippen LogP contribution in [-0.2, 0) is 10.4 Å². The lowest BCUT2D eigenvalue weighted by molar-refractivity contribution is -0.272. The van der Waals surface area contributed by atoms with Gasteiger partial charge in [-0.05, 0) is 63.8 Å². The summed E-state index contributed by atoms with van der Waals surface area (Å²) >= 11 is 15.4. The number of carbonyl (C=O) groups is 2. The molecule has 3 aromatic rings. The van der Waals surface area contributed by atoms with Gasteiger partial charge in [-0.2, -0.15) is 13.2 Å². The topological polar surface area (TPSA) is 92.6 Å². The molecule has 2 heterocycles. The van der Waals surface area contributed by atoms with Crippen molar-refractivity contribution in [2.45, 2.75) is 45.0 Å². The number of rotatable bonds is 6. The van der Waals surface area contributed by atoms with E-state index >= 15 is 13.2 Å². The number of hydrogen-bond donors (Lipinski definition) is 1. The summed E-state index contributed by atoms with van der Waals surface area (Å²) in [5.41, 5.74) is -3.18. The first-order valence-corrected chi connectivity index (χ1v) is 13.1. The van der Waals surface area contributed by atoms with Gasteiger partial charge in [-0.15, -0.1) is 0 Å². The molecule has 206 valence electrons. The number of carboxylic acids is 1. The summed E-state index contributed by atoms with van der Waals surface area (Å²) in [6.07, 6.45) is -3.05. The van der Waals surface area contributed by atoms with Crippen LogP contribution in [0.4, 0.5) is 19.1 Å². The Hall–Kier alpha value is -2.73. The Balaban J connectivity index is 2.02. The van der Waals surface area contributed by atoms with Gasteiger partial charge in [0, 0.05) is 40.3 Å². The predicted molar refractivity (Wildman–Crippen MR) is 142 cm³/mol. The van der Waals surface area contributed by atoms with E-state index in [-0.39, 0.29) is 43.8 Å². The third kappa shape index (κ3) is 5.37. The van der Waals surface area contributed by atoms with Crippen LogP contribution >= 0.6 is 39.1 Å². The molecule has 2 unspecified atom stereocenters. The summed E-state index contributed by atoms with van der Waals surface area (Å²) in [6, 6.07) is 4.86. The number of aromatic nitrogens is 2. The van der Waals surface area contributed by atoms with Crippen molar-refractivity contribution in [2.24, 2.45) is 5.92 Å². The van der Waals surface area contributed by atoms with E-state index in [1.54, 1.807) is 13.8 Å². The van der Waals surface area contributed by atoms with Gasteiger partial charge in [0.05, 0.1) is 16.1 Å². The lowest BCUT2D eigenvalue weighted by atomic mass is 9.81. The first-order valence-electron chi connectivity index (χ1n) is 11.6. The molecule has 1 aliphatic rings. The summed E-state index contributed by atoms with van der Waals surface area (Å²) in [5.74, 6) is -2.49. The molecule has 7 nitrogen and oxygen atoms in total. The highest BCUT2D eigenvalue weighted by Crippen LogP contribution is 2.56. The molecule has 2 aromatic carbocycles. The molecule has 1 aliphatic heterocycles. The average Bonchev–Trinajstić information content (AvgIpc) is 3.25. The van der Waals surface area contributed by atoms with Crippen LogP contribution in [0.1, 0.15) is 63.7 Å². The highest BCUT2D eigenvalue weighted by molar-refractivity contribution is 9.10. The van der Waals surface area contributed by atoms with Crippen molar-refractivity contribution in [3.63, 3.8) is 0 Å². The number of nitrogens with zero attached hydrogens (tertiary/aromatic N) is 3. The van der Waals surface area contributed by atoms with Gasteiger partial charge in [0.1, 0.15) is 0 Å². The first-order chi connectivity index (χ1) is 18.2. The number of ketones is 1. The molecule has 39 heavy (non-hydrogen) atoms. The zero-order chi connectivity index (χ0) is 28.9. The second-order valence-electron chi connectivity index (χ2n) is 9.35. The van der Waals surface area contributed by atoms with Gasteiger partial charge < -0.3 is 5.11 Å². The average molecular weight is 647 g/mol. The molecule has 1 aromatic heterocycles. The fraction of sp³-hybridized carbons (Fsp3) is 0.308. The summed E-state index contributed by atoms with van der Waals surface area (Å²) in [7, 11) is 0. The number of hydroxylamine groups is 1. The van der Waals surface area contributed by atoms with Gasteiger partial charge in [-0.1, -0.05) is 43.1 Å². The molecule has 2 atom stereocenters. The van der Waals surface area contributed by atoms with Crippen LogP contribution in [0.3, 0.4) is 0 Å². The van der Waals surface area contributed by atoms with Crippen LogP contribution in [0.15, 0.2) is 47.2 Å². The van der Waals surface area contributed by atoms with E-state index in [9.17, 15) is 14.7 Å². The Morgan fingerprint density at radius 1 is 1.15 bits per heavy atom. The van der Waals surface area contributed by atoms with Gasteiger partial charge in [-0.3, -0.25) is 4.79 Å². The molecule has 0 spiro atoms. The van der Waals surface area contributed by atoms with E-state index in [2.05, 4.69) is 25.9 Å². The van der Waals surface area contributed by atoms with Crippen LogP contribution in [-0.4, -0.2) is 33.0 Å². The van der Waals surface area contributed by atoms with Crippen molar-refractivity contribution in [3.8, 4) is 0 Å². The van der Waals surface area contributed by atoms with Crippen molar-refractivity contribution in [2.75, 3.05) is 5.06 Å². The molecule has 0 amide bonds. The lowest BCUT2D eigenvalue weighted by Gasteiger charge is -2.31. The number of anilines is 1. The highest BCUT2D eigenvalue weighted by atomic mass is 79.9. The maximum Gasteiger partial charge on any atom is 0.424 e. The summed E-state index contributed by atoms with van der Waals surface area (Å²) in [4.78, 5) is 39.2. The molecule has 0 radical (unpaired) electrons. The number of aromatic carboxylic acids is 1.